The number of nitrogens with one attached hydrogen (secondary N) is 1. The molecule has 0 bridgehead atoms. The summed E-state index contributed by atoms with van der Waals surface area (Å²) in [4.78, 5) is 6.45. The van der Waals surface area contributed by atoms with E-state index in [4.69, 9.17) is 21.7 Å². The van der Waals surface area contributed by atoms with E-state index in [1.165, 1.54) is 6.07 Å². The van der Waals surface area contributed by atoms with Crippen LogP contribution < -0.4 is 19.7 Å². The number of ether oxygens (including phenoxy) is 2. The highest BCUT2D eigenvalue weighted by atomic mass is 32.1. The number of aromatic nitrogens is 2. The fourth-order valence-electron chi connectivity index (χ4n) is 4.60. The third-order valence-corrected chi connectivity index (χ3v) is 6.59. The van der Waals surface area contributed by atoms with E-state index in [9.17, 15) is 13.2 Å². The molecule has 0 radical (unpaired) electrons. The number of nitrogens with zero attached hydrogens (tertiary/aromatic N) is 3. The van der Waals surface area contributed by atoms with Gasteiger partial charge in [0.05, 0.1) is 37.2 Å². The number of pyridine rings is 1. The number of hydrogen-bond acceptors (Lipinski definition) is 4. The standard InChI is InChI=1S/C27H23F3N4O2S/c1-35-19-11-12-21(23(16-19)36-2)34-25(24(32-26(34)37)20-9-3-4-13-31-20)22-10-6-14-33(22)18-8-5-7-17(15-18)27(28,29)30/h3-16,24-25H,1-2H3,(H,32,37)/t24-,25+/m1/s1. The molecule has 4 aromatic rings. The molecule has 1 saturated heterocycles. The minimum atomic E-state index is -4.46. The molecule has 0 spiro atoms. The summed E-state index contributed by atoms with van der Waals surface area (Å²) < 4.78 is 53.3. The number of methoxy groups -OCH3 is 2. The van der Waals surface area contributed by atoms with Crippen molar-refractivity contribution >= 4 is 23.0 Å². The van der Waals surface area contributed by atoms with Gasteiger partial charge in [-0.3, -0.25) is 4.98 Å². The van der Waals surface area contributed by atoms with Gasteiger partial charge in [0.15, 0.2) is 5.11 Å². The highest BCUT2D eigenvalue weighted by Gasteiger charge is 2.43. The van der Waals surface area contributed by atoms with Crippen molar-refractivity contribution in [2.24, 2.45) is 0 Å². The van der Waals surface area contributed by atoms with Gasteiger partial charge in [-0.15, -0.1) is 0 Å². The van der Waals surface area contributed by atoms with Crippen molar-refractivity contribution in [2.45, 2.75) is 18.3 Å². The second-order valence-corrected chi connectivity index (χ2v) is 8.77. The number of alkyl halides is 3. The Morgan fingerprint density at radius 3 is 2.49 bits per heavy atom. The zero-order valence-electron chi connectivity index (χ0n) is 19.9. The predicted molar refractivity (Wildman–Crippen MR) is 138 cm³/mol. The van der Waals surface area contributed by atoms with Gasteiger partial charge in [-0.05, 0) is 66.8 Å². The molecule has 10 heteroatoms. The van der Waals surface area contributed by atoms with E-state index in [2.05, 4.69) is 10.3 Å². The van der Waals surface area contributed by atoms with Crippen LogP contribution in [0.2, 0.25) is 0 Å². The monoisotopic (exact) mass is 524 g/mol. The minimum absolute atomic E-state index is 0.383. The van der Waals surface area contributed by atoms with Crippen LogP contribution in [0.3, 0.4) is 0 Å². The van der Waals surface area contributed by atoms with Crippen LogP contribution in [0.4, 0.5) is 18.9 Å². The van der Waals surface area contributed by atoms with E-state index in [-0.39, 0.29) is 6.04 Å². The smallest absolute Gasteiger partial charge is 0.416 e. The van der Waals surface area contributed by atoms with Crippen molar-refractivity contribution in [1.29, 1.82) is 0 Å². The molecule has 3 heterocycles. The highest BCUT2D eigenvalue weighted by Crippen LogP contribution is 2.46. The topological polar surface area (TPSA) is 51.5 Å². The Morgan fingerprint density at radius 2 is 1.78 bits per heavy atom. The summed E-state index contributed by atoms with van der Waals surface area (Å²) in [5, 5.41) is 3.80. The Labute approximate surface area is 217 Å². The summed E-state index contributed by atoms with van der Waals surface area (Å²) in [6.07, 6.45) is -1.02. The summed E-state index contributed by atoms with van der Waals surface area (Å²) in [5.74, 6) is 1.15. The summed E-state index contributed by atoms with van der Waals surface area (Å²) in [5.41, 5.74) is 1.80. The molecule has 1 aliphatic rings. The van der Waals surface area contributed by atoms with Gasteiger partial charge in [-0.1, -0.05) is 12.1 Å². The van der Waals surface area contributed by atoms with Crippen molar-refractivity contribution < 1.29 is 22.6 Å². The van der Waals surface area contributed by atoms with Gasteiger partial charge in [0, 0.05) is 29.8 Å². The maximum Gasteiger partial charge on any atom is 0.416 e. The van der Waals surface area contributed by atoms with Gasteiger partial charge < -0.3 is 24.3 Å². The molecule has 1 fully saturated rings. The Hall–Kier alpha value is -4.05. The van der Waals surface area contributed by atoms with E-state index in [1.807, 2.05) is 35.2 Å². The number of anilines is 1. The molecule has 2 aromatic heterocycles. The Morgan fingerprint density at radius 1 is 0.946 bits per heavy atom. The highest BCUT2D eigenvalue weighted by molar-refractivity contribution is 7.80. The summed E-state index contributed by atoms with van der Waals surface area (Å²) in [7, 11) is 3.12. The van der Waals surface area contributed by atoms with Gasteiger partial charge in [0.2, 0.25) is 0 Å². The molecular formula is C27H23F3N4O2S. The van der Waals surface area contributed by atoms with Gasteiger partial charge in [0.25, 0.3) is 0 Å². The molecule has 6 nitrogen and oxygen atoms in total. The van der Waals surface area contributed by atoms with E-state index >= 15 is 0 Å². The van der Waals surface area contributed by atoms with Crippen molar-refractivity contribution in [1.82, 2.24) is 14.9 Å². The molecule has 190 valence electrons. The Balaban J connectivity index is 1.68. The Bertz CT molecular complexity index is 1420. The second-order valence-electron chi connectivity index (χ2n) is 8.39. The van der Waals surface area contributed by atoms with Gasteiger partial charge in [-0.25, -0.2) is 0 Å². The molecule has 37 heavy (non-hydrogen) atoms. The van der Waals surface area contributed by atoms with Crippen LogP contribution in [0.25, 0.3) is 5.69 Å². The van der Waals surface area contributed by atoms with Crippen molar-refractivity contribution in [3.8, 4) is 17.2 Å². The molecule has 0 aliphatic carbocycles. The second kappa shape index (κ2) is 9.78. The normalized spacial score (nSPS) is 17.5. The lowest BCUT2D eigenvalue weighted by atomic mass is 10.0. The summed E-state index contributed by atoms with van der Waals surface area (Å²) in [6.45, 7) is 0. The van der Waals surface area contributed by atoms with Crippen LogP contribution in [0.5, 0.6) is 11.5 Å². The first-order valence-corrected chi connectivity index (χ1v) is 11.8. The lowest BCUT2D eigenvalue weighted by Crippen LogP contribution is -2.30. The summed E-state index contributed by atoms with van der Waals surface area (Å²) >= 11 is 5.79. The largest absolute Gasteiger partial charge is 0.497 e. The molecule has 0 amide bonds. The van der Waals surface area contributed by atoms with Gasteiger partial charge in [-0.2, -0.15) is 13.2 Å². The van der Waals surface area contributed by atoms with Crippen molar-refractivity contribution in [3.63, 3.8) is 0 Å². The number of hydrogen-bond donors (Lipinski definition) is 1. The summed E-state index contributed by atoms with van der Waals surface area (Å²) in [6, 6.07) is 19.1. The molecule has 2 aromatic carbocycles. The zero-order valence-corrected chi connectivity index (χ0v) is 20.8. The lowest BCUT2D eigenvalue weighted by Gasteiger charge is -2.30. The average Bonchev–Trinajstić information content (AvgIpc) is 3.52. The molecule has 5 rings (SSSR count). The molecule has 0 unspecified atom stereocenters. The third-order valence-electron chi connectivity index (χ3n) is 6.28. The fourth-order valence-corrected chi connectivity index (χ4v) is 4.94. The van der Waals surface area contributed by atoms with E-state index in [0.717, 1.165) is 23.5 Å². The van der Waals surface area contributed by atoms with Crippen molar-refractivity contribution in [2.75, 3.05) is 19.1 Å². The van der Waals surface area contributed by atoms with Crippen LogP contribution in [-0.2, 0) is 6.18 Å². The molecule has 1 aliphatic heterocycles. The lowest BCUT2D eigenvalue weighted by molar-refractivity contribution is -0.137. The molecule has 0 saturated carbocycles. The first kappa shape index (κ1) is 24.6. The van der Waals surface area contributed by atoms with Gasteiger partial charge in [0.1, 0.15) is 17.5 Å². The molecule has 1 N–H and O–H groups in total. The quantitative estimate of drug-likeness (QED) is 0.308. The zero-order chi connectivity index (χ0) is 26.2. The maximum atomic E-state index is 13.5. The average molecular weight is 525 g/mol. The molecular weight excluding hydrogens is 501 g/mol. The SMILES string of the molecule is COc1ccc(N2C(=S)N[C@H](c3ccccn3)[C@@H]2c2cccn2-c2cccc(C(F)(F)F)c2)c(OC)c1. The van der Waals surface area contributed by atoms with Crippen LogP contribution in [0.1, 0.15) is 29.0 Å². The maximum absolute atomic E-state index is 13.5. The number of benzene rings is 2. The number of halogens is 3. The number of rotatable bonds is 6. The van der Waals surface area contributed by atoms with Crippen LogP contribution in [0, 0.1) is 0 Å². The van der Waals surface area contributed by atoms with Crippen LogP contribution >= 0.6 is 12.2 Å². The van der Waals surface area contributed by atoms with Crippen molar-refractivity contribution in [3.05, 3.63) is 102 Å². The van der Waals surface area contributed by atoms with E-state index in [0.29, 0.717) is 28.0 Å². The van der Waals surface area contributed by atoms with E-state index in [1.54, 1.807) is 55.4 Å². The fraction of sp³-hybridized carbons (Fsp3) is 0.185. The first-order chi connectivity index (χ1) is 17.8. The minimum Gasteiger partial charge on any atom is -0.497 e. The van der Waals surface area contributed by atoms with Crippen LogP contribution in [-0.4, -0.2) is 28.9 Å². The third kappa shape index (κ3) is 4.60. The van der Waals surface area contributed by atoms with Crippen LogP contribution in [0.15, 0.2) is 85.2 Å². The first-order valence-electron chi connectivity index (χ1n) is 11.4. The Kier molecular flexibility index (Phi) is 6.51. The number of thiocarbonyl (C=S) groups is 1. The van der Waals surface area contributed by atoms with E-state index < -0.39 is 17.8 Å². The predicted octanol–water partition coefficient (Wildman–Crippen LogP) is 6.09. The molecule has 2 atom stereocenters. The van der Waals surface area contributed by atoms with Gasteiger partial charge >= 0.3 is 6.18 Å².